The van der Waals surface area contributed by atoms with Crippen molar-refractivity contribution in [2.24, 2.45) is 9.98 Å². The predicted octanol–water partition coefficient (Wildman–Crippen LogP) is 5.75. The van der Waals surface area contributed by atoms with Crippen LogP contribution in [0.2, 0.25) is 0 Å². The highest BCUT2D eigenvalue weighted by Crippen LogP contribution is 2.44. The van der Waals surface area contributed by atoms with Gasteiger partial charge in [-0.05, 0) is 52.6 Å². The first kappa shape index (κ1) is 33.6. The van der Waals surface area contributed by atoms with Crippen molar-refractivity contribution < 1.29 is 4.42 Å². The van der Waals surface area contributed by atoms with Crippen LogP contribution >= 0.6 is 11.3 Å². The summed E-state index contributed by atoms with van der Waals surface area (Å²) in [5, 5.41) is 8.20. The van der Waals surface area contributed by atoms with Gasteiger partial charge in [0.15, 0.2) is 5.84 Å². The van der Waals surface area contributed by atoms with Crippen LogP contribution < -0.4 is 32.6 Å². The van der Waals surface area contributed by atoms with Gasteiger partial charge in [-0.2, -0.15) is 0 Å². The highest BCUT2D eigenvalue weighted by molar-refractivity contribution is 7.26. The molecule has 4 nitrogen and oxygen atoms in total. The molecule has 0 spiro atoms. The molecule has 3 heterocycles. The molecule has 0 saturated heterocycles. The number of nitrogens with one attached hydrogen (secondary N) is 1. The van der Waals surface area contributed by atoms with Crippen LogP contribution in [0.3, 0.4) is 0 Å². The maximum absolute atomic E-state index is 6.47. The summed E-state index contributed by atoms with van der Waals surface area (Å²) in [6.45, 7) is 0. The summed E-state index contributed by atoms with van der Waals surface area (Å²) >= 11 is 1.82. The van der Waals surface area contributed by atoms with E-state index < -0.39 is 0 Å². The largest absolute Gasteiger partial charge is 0.456 e. The maximum Gasteiger partial charge on any atom is 0.159 e. The first-order chi connectivity index (χ1) is 26.8. The molecule has 0 aliphatic carbocycles. The fourth-order valence-corrected chi connectivity index (χ4v) is 8.87. The number of thiophene rings is 1. The lowest BCUT2D eigenvalue weighted by molar-refractivity contribution is 0.668. The van der Waals surface area contributed by atoms with Crippen LogP contribution in [-0.4, -0.2) is 50.9 Å². The summed E-state index contributed by atoms with van der Waals surface area (Å²) < 4.78 is 9.00. The molecular formula is C45H24B5N3OS. The normalized spacial score (nSPS) is 14.4. The van der Waals surface area contributed by atoms with Crippen molar-refractivity contribution >= 4 is 132 Å². The van der Waals surface area contributed by atoms with Gasteiger partial charge in [-0.1, -0.05) is 114 Å². The van der Waals surface area contributed by atoms with Crippen molar-refractivity contribution in [1.82, 2.24) is 5.32 Å². The van der Waals surface area contributed by atoms with Gasteiger partial charge in [0, 0.05) is 47.6 Å². The molecule has 0 fully saturated rings. The molecule has 10 heteroatoms. The molecule has 10 rings (SSSR count). The first-order valence-electron chi connectivity index (χ1n) is 17.8. The van der Waals surface area contributed by atoms with E-state index in [-0.39, 0.29) is 33.5 Å². The second-order valence-corrected chi connectivity index (χ2v) is 14.7. The number of hydrogen-bond acceptors (Lipinski definition) is 5. The number of hydrogen-bond donors (Lipinski definition) is 1. The lowest BCUT2D eigenvalue weighted by Gasteiger charge is -2.24. The lowest BCUT2D eigenvalue weighted by Crippen LogP contribution is -2.55. The van der Waals surface area contributed by atoms with Crippen LogP contribution in [0.4, 0.5) is 0 Å². The molecule has 2 aromatic heterocycles. The fraction of sp³-hybridized carbons (Fsp3) is 0.0222. The minimum Gasteiger partial charge on any atom is -0.456 e. The highest BCUT2D eigenvalue weighted by Gasteiger charge is 2.23. The summed E-state index contributed by atoms with van der Waals surface area (Å²) in [4.78, 5) is 10.2. The van der Waals surface area contributed by atoms with Crippen LogP contribution in [0.15, 0.2) is 148 Å². The van der Waals surface area contributed by atoms with Crippen LogP contribution in [0.1, 0.15) is 22.9 Å². The van der Waals surface area contributed by atoms with Crippen LogP contribution in [0, 0.1) is 0 Å². The zero-order chi connectivity index (χ0) is 37.4. The Kier molecular flexibility index (Phi) is 8.00. The van der Waals surface area contributed by atoms with E-state index in [1.807, 2.05) is 72.0 Å². The van der Waals surface area contributed by atoms with E-state index in [1.54, 1.807) is 0 Å². The Labute approximate surface area is 328 Å². The molecule has 1 aliphatic rings. The van der Waals surface area contributed by atoms with Crippen LogP contribution in [-0.2, 0) is 0 Å². The lowest BCUT2D eigenvalue weighted by atomic mass is 9.59. The molecule has 1 atom stereocenters. The van der Waals surface area contributed by atoms with Crippen LogP contribution in [0.5, 0.6) is 0 Å². The van der Waals surface area contributed by atoms with Gasteiger partial charge in [-0.15, -0.1) is 27.7 Å². The standard InChI is InChI=1S/C45H24B5N3OS/c46-37-35(38(47)40(49)41(50)39(37)48)23-16-18-25(19-17-23)44-51-43(24-8-2-1-3-9-24)52-45(53-44)26-20-21-32-31(22-26)36-28(11-7-14-33(36)54-32)30-13-6-12-29-27-10-4-5-15-34(27)55-42(29)30/h1-22,43H,(H,51,52,53). The summed E-state index contributed by atoms with van der Waals surface area (Å²) in [5.41, 5.74) is 9.11. The third-order valence-electron chi connectivity index (χ3n) is 10.5. The van der Waals surface area contributed by atoms with E-state index in [0.717, 1.165) is 49.8 Å². The minimum atomic E-state index is -0.385. The van der Waals surface area contributed by atoms with E-state index >= 15 is 0 Å². The predicted molar refractivity (Wildman–Crippen MR) is 236 cm³/mol. The Bertz CT molecular complexity index is 3050. The Morgan fingerprint density at radius 2 is 1.20 bits per heavy atom. The van der Waals surface area contributed by atoms with Gasteiger partial charge in [0.1, 0.15) is 62.4 Å². The average molecular weight is 709 g/mol. The average Bonchev–Trinajstić information content (AvgIpc) is 3.81. The van der Waals surface area contributed by atoms with Gasteiger partial charge in [-0.3, -0.25) is 0 Å². The third kappa shape index (κ3) is 5.50. The van der Waals surface area contributed by atoms with Crippen molar-refractivity contribution in [2.75, 3.05) is 0 Å². The number of aliphatic imine (C=N–C) groups is 2. The van der Waals surface area contributed by atoms with Crippen molar-refractivity contribution in [1.29, 1.82) is 0 Å². The van der Waals surface area contributed by atoms with Gasteiger partial charge >= 0.3 is 0 Å². The number of fused-ring (bicyclic) bond motifs is 6. The highest BCUT2D eigenvalue weighted by atomic mass is 32.1. The Morgan fingerprint density at radius 3 is 2.00 bits per heavy atom. The Balaban J connectivity index is 1.10. The van der Waals surface area contributed by atoms with Gasteiger partial charge in [-0.25, -0.2) is 9.98 Å². The number of rotatable bonds is 5. The number of amidine groups is 2. The van der Waals surface area contributed by atoms with Crippen LogP contribution in [0.25, 0.3) is 64.4 Å². The van der Waals surface area contributed by atoms with E-state index in [0.29, 0.717) is 17.2 Å². The molecule has 7 aromatic carbocycles. The molecule has 1 aliphatic heterocycles. The van der Waals surface area contributed by atoms with E-state index in [9.17, 15) is 0 Å². The van der Waals surface area contributed by atoms with Crippen molar-refractivity contribution in [2.45, 2.75) is 6.17 Å². The van der Waals surface area contributed by atoms with Crippen molar-refractivity contribution in [3.05, 3.63) is 150 Å². The SMILES string of the molecule is [B]c1c([B])c([B])c(-c2ccc(C3=NC(c4ccccc4)NC(c4ccc5oc6cccc(-c7cccc8c7sc7ccccc78)c6c5c4)=N3)cc2)c([B])c1[B]. The number of benzene rings is 7. The molecule has 0 bridgehead atoms. The molecule has 55 heavy (non-hydrogen) atoms. The molecular weight excluding hydrogens is 685 g/mol. The van der Waals surface area contributed by atoms with E-state index in [1.165, 1.54) is 25.7 Å². The zero-order valence-electron chi connectivity index (χ0n) is 29.4. The zero-order valence-corrected chi connectivity index (χ0v) is 30.2. The minimum absolute atomic E-state index is 0.180. The molecule has 246 valence electrons. The molecule has 0 amide bonds. The van der Waals surface area contributed by atoms with Gasteiger partial charge in [0.25, 0.3) is 0 Å². The van der Waals surface area contributed by atoms with E-state index in [2.05, 4.69) is 78.1 Å². The molecule has 0 saturated carbocycles. The third-order valence-corrected chi connectivity index (χ3v) is 11.7. The number of nitrogens with zero attached hydrogens (tertiary/aromatic N) is 2. The molecule has 10 radical (unpaired) electrons. The molecule has 1 unspecified atom stereocenters. The quantitative estimate of drug-likeness (QED) is 0.232. The maximum atomic E-state index is 6.47. The van der Waals surface area contributed by atoms with Gasteiger partial charge < -0.3 is 9.73 Å². The second-order valence-electron chi connectivity index (χ2n) is 13.7. The molecule has 9 aromatic rings. The summed E-state index contributed by atoms with van der Waals surface area (Å²) in [7, 11) is 31.2. The van der Waals surface area contributed by atoms with Crippen molar-refractivity contribution in [3.8, 4) is 22.3 Å². The Hall–Kier alpha value is -5.98. The van der Waals surface area contributed by atoms with Crippen molar-refractivity contribution in [3.63, 3.8) is 0 Å². The Morgan fingerprint density at radius 1 is 0.545 bits per heavy atom. The monoisotopic (exact) mass is 709 g/mol. The second kappa shape index (κ2) is 13.1. The fourth-order valence-electron chi connectivity index (χ4n) is 7.64. The topological polar surface area (TPSA) is 49.9 Å². The first-order valence-corrected chi connectivity index (χ1v) is 18.6. The van der Waals surface area contributed by atoms with Gasteiger partial charge in [0.05, 0.1) is 0 Å². The molecule has 1 N–H and O–H groups in total. The summed E-state index contributed by atoms with van der Waals surface area (Å²) in [5.74, 6) is 1.26. The summed E-state index contributed by atoms with van der Waals surface area (Å²) in [6, 6.07) is 45.5. The van der Waals surface area contributed by atoms with Gasteiger partial charge in [0.2, 0.25) is 0 Å². The summed E-state index contributed by atoms with van der Waals surface area (Å²) in [6.07, 6.45) is -0.385. The van der Waals surface area contributed by atoms with E-state index in [4.69, 9.17) is 53.6 Å². The smallest absolute Gasteiger partial charge is 0.159 e. The number of furan rings is 1.